The fourth-order valence-electron chi connectivity index (χ4n) is 1.12. The van der Waals surface area contributed by atoms with Gasteiger partial charge in [-0.1, -0.05) is 31.9 Å². The predicted octanol–water partition coefficient (Wildman–Crippen LogP) is 4.24. The van der Waals surface area contributed by atoms with Crippen LogP contribution in [0.15, 0.2) is 56.3 Å². The van der Waals surface area contributed by atoms with Crippen molar-refractivity contribution in [2.75, 3.05) is 0 Å². The summed E-state index contributed by atoms with van der Waals surface area (Å²) in [6.45, 7) is 0. The molecular weight excluding hydrogens is 435 g/mol. The summed E-state index contributed by atoms with van der Waals surface area (Å²) in [4.78, 5) is -0.293. The van der Waals surface area contributed by atoms with Gasteiger partial charge in [0.2, 0.25) is 0 Å². The van der Waals surface area contributed by atoms with Crippen LogP contribution in [-0.4, -0.2) is 18.6 Å². The van der Waals surface area contributed by atoms with Gasteiger partial charge in [0.25, 0.3) is 9.05 Å². The molecule has 0 saturated carbocycles. The summed E-state index contributed by atoms with van der Waals surface area (Å²) < 4.78 is 23.1. The molecule has 0 heterocycles. The Kier molecular flexibility index (Phi) is 6.32. The number of halogens is 3. The van der Waals surface area contributed by atoms with Crippen molar-refractivity contribution >= 4 is 51.6 Å². The van der Waals surface area contributed by atoms with Gasteiger partial charge in [-0.05, 0) is 42.5 Å². The zero-order chi connectivity index (χ0) is 15.3. The van der Waals surface area contributed by atoms with Gasteiger partial charge in [-0.3, -0.25) is 0 Å². The third-order valence-corrected chi connectivity index (χ3v) is 4.38. The van der Waals surface area contributed by atoms with E-state index in [1.807, 2.05) is 0 Å². The van der Waals surface area contributed by atoms with E-state index in [1.165, 1.54) is 18.2 Å². The Labute approximate surface area is 137 Å². The van der Waals surface area contributed by atoms with Crippen molar-refractivity contribution in [2.45, 2.75) is 4.90 Å². The number of aromatic hydroxyl groups is 2. The van der Waals surface area contributed by atoms with E-state index < -0.39 is 9.05 Å². The van der Waals surface area contributed by atoms with Gasteiger partial charge >= 0.3 is 0 Å². The van der Waals surface area contributed by atoms with Crippen LogP contribution in [0.3, 0.4) is 0 Å². The van der Waals surface area contributed by atoms with E-state index in [4.69, 9.17) is 20.9 Å². The first-order chi connectivity index (χ1) is 9.20. The van der Waals surface area contributed by atoms with Gasteiger partial charge in [0, 0.05) is 19.6 Å². The summed E-state index contributed by atoms with van der Waals surface area (Å²) in [5.41, 5.74) is 0. The third kappa shape index (κ3) is 5.70. The number of hydrogen-bond acceptors (Lipinski definition) is 4. The van der Waals surface area contributed by atoms with E-state index in [9.17, 15) is 8.42 Å². The first-order valence-electron chi connectivity index (χ1n) is 5.08. The Balaban J connectivity index is 0.000000217. The Bertz CT molecular complexity index is 666. The van der Waals surface area contributed by atoms with Gasteiger partial charge in [-0.2, -0.15) is 0 Å². The number of phenolic OH excluding ortho intramolecular Hbond substituents is 2. The highest BCUT2D eigenvalue weighted by atomic mass is 79.9. The average Bonchev–Trinajstić information content (AvgIpc) is 2.35. The van der Waals surface area contributed by atoms with Crippen molar-refractivity contribution in [3.05, 3.63) is 51.4 Å². The molecule has 4 nitrogen and oxygen atoms in total. The normalized spacial score (nSPS) is 10.6. The minimum absolute atomic E-state index is 0.293. The van der Waals surface area contributed by atoms with Crippen LogP contribution >= 0.6 is 42.5 Å². The van der Waals surface area contributed by atoms with Crippen molar-refractivity contribution in [1.82, 2.24) is 0 Å². The molecule has 2 rings (SSSR count). The molecule has 0 bridgehead atoms. The zero-order valence-corrected chi connectivity index (χ0v) is 14.5. The fourth-order valence-corrected chi connectivity index (χ4v) is 2.86. The molecule has 0 radical (unpaired) electrons. The summed E-state index contributed by atoms with van der Waals surface area (Å²) >= 11 is 6.29. The van der Waals surface area contributed by atoms with Crippen molar-refractivity contribution < 1.29 is 18.6 Å². The summed E-state index contributed by atoms with van der Waals surface area (Å²) in [5, 5.41) is 17.8. The highest BCUT2D eigenvalue weighted by molar-refractivity contribution is 9.10. The van der Waals surface area contributed by atoms with Crippen LogP contribution in [0.1, 0.15) is 0 Å². The molecule has 0 aromatic heterocycles. The Hall–Kier alpha value is -0.760. The minimum atomic E-state index is -3.86. The molecule has 8 heteroatoms. The van der Waals surface area contributed by atoms with Crippen molar-refractivity contribution in [3.63, 3.8) is 0 Å². The third-order valence-electron chi connectivity index (χ3n) is 2.01. The van der Waals surface area contributed by atoms with Crippen LogP contribution < -0.4 is 0 Å². The molecule has 0 unspecified atom stereocenters. The van der Waals surface area contributed by atoms with Crippen molar-refractivity contribution in [3.8, 4) is 11.5 Å². The molecule has 2 N–H and O–H groups in total. The quantitative estimate of drug-likeness (QED) is 0.646. The molecule has 0 saturated heterocycles. The second-order valence-corrected chi connectivity index (χ2v) is 7.89. The maximum Gasteiger partial charge on any atom is 0.265 e. The Morgan fingerprint density at radius 3 is 1.80 bits per heavy atom. The van der Waals surface area contributed by atoms with Crippen LogP contribution in [0.5, 0.6) is 11.5 Å². The van der Waals surface area contributed by atoms with Gasteiger partial charge in [-0.25, -0.2) is 8.42 Å². The molecule has 2 aromatic carbocycles. The smallest absolute Gasteiger partial charge is 0.265 e. The lowest BCUT2D eigenvalue weighted by Crippen LogP contribution is -1.90. The molecule has 108 valence electrons. The van der Waals surface area contributed by atoms with E-state index in [0.717, 1.165) is 4.47 Å². The molecule has 0 aliphatic heterocycles. The van der Waals surface area contributed by atoms with Gasteiger partial charge < -0.3 is 10.2 Å². The molecule has 2 aromatic rings. The van der Waals surface area contributed by atoms with Crippen LogP contribution in [0.2, 0.25) is 0 Å². The van der Waals surface area contributed by atoms with Crippen LogP contribution in [-0.2, 0) is 9.05 Å². The molecular formula is C12H9Br2ClO4S. The second kappa shape index (κ2) is 7.31. The highest BCUT2D eigenvalue weighted by Crippen LogP contribution is 2.28. The largest absolute Gasteiger partial charge is 0.508 e. The van der Waals surface area contributed by atoms with E-state index in [1.54, 1.807) is 24.3 Å². The van der Waals surface area contributed by atoms with E-state index in [0.29, 0.717) is 10.2 Å². The zero-order valence-electron chi connectivity index (χ0n) is 9.79. The van der Waals surface area contributed by atoms with Gasteiger partial charge in [0.1, 0.15) is 16.4 Å². The lowest BCUT2D eigenvalue weighted by atomic mass is 10.3. The maximum absolute atomic E-state index is 10.8. The topological polar surface area (TPSA) is 74.6 Å². The lowest BCUT2D eigenvalue weighted by Gasteiger charge is -1.99. The SMILES string of the molecule is O=S(=O)(Cl)c1cc(Br)ccc1O.Oc1ccc(Br)cc1. The highest BCUT2D eigenvalue weighted by Gasteiger charge is 2.15. The van der Waals surface area contributed by atoms with Crippen LogP contribution in [0, 0.1) is 0 Å². The van der Waals surface area contributed by atoms with Crippen LogP contribution in [0.4, 0.5) is 0 Å². The first-order valence-corrected chi connectivity index (χ1v) is 8.97. The van der Waals surface area contributed by atoms with Gasteiger partial charge in [-0.15, -0.1) is 0 Å². The monoisotopic (exact) mass is 442 g/mol. The average molecular weight is 445 g/mol. The van der Waals surface area contributed by atoms with Crippen molar-refractivity contribution in [1.29, 1.82) is 0 Å². The number of benzene rings is 2. The Morgan fingerprint density at radius 2 is 1.40 bits per heavy atom. The lowest BCUT2D eigenvalue weighted by molar-refractivity contribution is 0.459. The first kappa shape index (κ1) is 17.3. The van der Waals surface area contributed by atoms with E-state index in [-0.39, 0.29) is 10.6 Å². The number of phenols is 2. The molecule has 0 aliphatic rings. The summed E-state index contributed by atoms with van der Waals surface area (Å²) in [6, 6.07) is 10.8. The van der Waals surface area contributed by atoms with E-state index in [2.05, 4.69) is 31.9 Å². The molecule has 0 atom stereocenters. The maximum atomic E-state index is 10.8. The molecule has 0 fully saturated rings. The molecule has 0 spiro atoms. The Morgan fingerprint density at radius 1 is 0.900 bits per heavy atom. The number of rotatable bonds is 1. The van der Waals surface area contributed by atoms with Gasteiger partial charge in [0.15, 0.2) is 0 Å². The second-order valence-electron chi connectivity index (χ2n) is 3.53. The standard InChI is InChI=1S/C6H4BrClO3S.C6H5BrO/c7-4-1-2-5(9)6(3-4)12(8,10)11;7-5-1-3-6(8)4-2-5/h1-3,9H;1-4,8H. The van der Waals surface area contributed by atoms with E-state index >= 15 is 0 Å². The fraction of sp³-hybridized carbons (Fsp3) is 0. The van der Waals surface area contributed by atoms with Gasteiger partial charge in [0.05, 0.1) is 0 Å². The molecule has 0 aliphatic carbocycles. The molecule has 0 amide bonds. The predicted molar refractivity (Wildman–Crippen MR) is 84.7 cm³/mol. The van der Waals surface area contributed by atoms with Crippen molar-refractivity contribution in [2.24, 2.45) is 0 Å². The molecule has 20 heavy (non-hydrogen) atoms. The van der Waals surface area contributed by atoms with Crippen LogP contribution in [0.25, 0.3) is 0 Å². The number of hydrogen-bond donors (Lipinski definition) is 2. The summed E-state index contributed by atoms with van der Waals surface area (Å²) in [5.74, 6) is -0.0543. The minimum Gasteiger partial charge on any atom is -0.508 e. The summed E-state index contributed by atoms with van der Waals surface area (Å²) in [6.07, 6.45) is 0. The summed E-state index contributed by atoms with van der Waals surface area (Å²) in [7, 11) is 1.16.